The number of ketones is 1. The minimum absolute atomic E-state index is 0.0258. The maximum Gasteiger partial charge on any atom is 0.355 e. The van der Waals surface area contributed by atoms with Crippen molar-refractivity contribution in [3.05, 3.63) is 80.9 Å². The van der Waals surface area contributed by atoms with Gasteiger partial charge in [-0.15, -0.1) is 0 Å². The lowest BCUT2D eigenvalue weighted by Crippen LogP contribution is -2.08. The summed E-state index contributed by atoms with van der Waals surface area (Å²) in [7, 11) is 0. The monoisotopic (exact) mass is 444 g/mol. The summed E-state index contributed by atoms with van der Waals surface area (Å²) < 4.78 is 5.22. The molecule has 33 heavy (non-hydrogen) atoms. The number of ether oxygens (including phenoxy) is 1. The highest BCUT2D eigenvalue weighted by Gasteiger charge is 2.22. The second kappa shape index (κ2) is 10.9. The van der Waals surface area contributed by atoms with Crippen LogP contribution >= 0.6 is 0 Å². The van der Waals surface area contributed by atoms with Crippen LogP contribution < -0.4 is 0 Å². The Bertz CT molecular complexity index is 1200. The number of carbonyl (C=O) groups excluding carboxylic acids is 2. The van der Waals surface area contributed by atoms with E-state index in [9.17, 15) is 9.59 Å². The molecule has 0 saturated heterocycles. The van der Waals surface area contributed by atoms with Crippen molar-refractivity contribution >= 4 is 11.8 Å². The molecule has 2 N–H and O–H groups in total. The summed E-state index contributed by atoms with van der Waals surface area (Å²) in [6.07, 6.45) is 2.98. The Labute approximate surface area is 196 Å². The number of aromatic amines is 2. The van der Waals surface area contributed by atoms with Crippen molar-refractivity contribution in [2.75, 3.05) is 6.61 Å². The molecule has 5 heteroatoms. The minimum atomic E-state index is -0.352. The molecule has 172 valence electrons. The number of carbonyl (C=O) groups is 2. The maximum atomic E-state index is 13.2. The molecule has 0 amide bonds. The van der Waals surface area contributed by atoms with Crippen molar-refractivity contribution in [3.63, 3.8) is 0 Å². The minimum Gasteiger partial charge on any atom is -0.461 e. The highest BCUT2D eigenvalue weighted by molar-refractivity contribution is 6.09. The lowest BCUT2D eigenvalue weighted by Gasteiger charge is -2.03. The average molecular weight is 445 g/mol. The van der Waals surface area contributed by atoms with Crippen molar-refractivity contribution in [2.45, 2.75) is 60.3 Å². The summed E-state index contributed by atoms with van der Waals surface area (Å²) in [5, 5.41) is 0. The van der Waals surface area contributed by atoms with Gasteiger partial charge < -0.3 is 14.7 Å². The van der Waals surface area contributed by atoms with E-state index in [0.29, 0.717) is 30.0 Å². The van der Waals surface area contributed by atoms with Gasteiger partial charge >= 0.3 is 5.97 Å². The number of hydrogen-bond acceptors (Lipinski definition) is 3. The Hall–Kier alpha value is -3.52. The molecule has 0 aliphatic heterocycles. The zero-order valence-electron chi connectivity index (χ0n) is 20.1. The van der Waals surface area contributed by atoms with Crippen LogP contribution in [0.15, 0.2) is 30.3 Å². The normalized spacial score (nSPS) is 10.6. The Morgan fingerprint density at radius 1 is 0.727 bits per heavy atom. The molecule has 1 aromatic carbocycles. The van der Waals surface area contributed by atoms with Crippen LogP contribution in [0, 0.1) is 11.8 Å². The number of nitrogens with one attached hydrogen (secondary N) is 2. The third-order valence-corrected chi connectivity index (χ3v) is 5.90. The van der Waals surface area contributed by atoms with Gasteiger partial charge in [-0.2, -0.15) is 0 Å². The van der Waals surface area contributed by atoms with Crippen LogP contribution in [0.5, 0.6) is 0 Å². The molecular formula is C28H32N2O3. The quantitative estimate of drug-likeness (QED) is 0.277. The second-order valence-electron chi connectivity index (χ2n) is 7.74. The topological polar surface area (TPSA) is 75.0 Å². The van der Waals surface area contributed by atoms with Gasteiger partial charge in [0.2, 0.25) is 5.78 Å². The van der Waals surface area contributed by atoms with Gasteiger partial charge in [-0.05, 0) is 66.7 Å². The first kappa shape index (κ1) is 24.1. The molecule has 0 radical (unpaired) electrons. The van der Waals surface area contributed by atoms with Gasteiger partial charge in [-0.1, -0.05) is 58.0 Å². The second-order valence-corrected chi connectivity index (χ2v) is 7.74. The first-order valence-electron chi connectivity index (χ1n) is 11.8. The first-order chi connectivity index (χ1) is 16.0. The van der Waals surface area contributed by atoms with Crippen LogP contribution in [-0.4, -0.2) is 28.3 Å². The van der Waals surface area contributed by atoms with Crippen LogP contribution in [0.4, 0.5) is 0 Å². The number of hydrogen-bond donors (Lipinski definition) is 2. The molecule has 0 saturated carbocycles. The predicted molar refractivity (Wildman–Crippen MR) is 131 cm³/mol. The van der Waals surface area contributed by atoms with E-state index in [4.69, 9.17) is 4.74 Å². The summed E-state index contributed by atoms with van der Waals surface area (Å²) in [5.41, 5.74) is 7.29. The lowest BCUT2D eigenvalue weighted by molar-refractivity contribution is 0.0519. The third kappa shape index (κ3) is 4.80. The van der Waals surface area contributed by atoms with E-state index in [1.54, 1.807) is 6.92 Å². The van der Waals surface area contributed by atoms with Gasteiger partial charge in [0, 0.05) is 5.56 Å². The molecule has 0 aliphatic carbocycles. The van der Waals surface area contributed by atoms with Crippen molar-refractivity contribution < 1.29 is 14.3 Å². The Morgan fingerprint density at radius 3 is 1.70 bits per heavy atom. The van der Waals surface area contributed by atoms with E-state index >= 15 is 0 Å². The van der Waals surface area contributed by atoms with E-state index < -0.39 is 0 Å². The molecule has 3 rings (SSSR count). The van der Waals surface area contributed by atoms with Crippen LogP contribution in [0.25, 0.3) is 0 Å². The van der Waals surface area contributed by atoms with Gasteiger partial charge in [-0.25, -0.2) is 4.79 Å². The van der Waals surface area contributed by atoms with Gasteiger partial charge in [0.15, 0.2) is 0 Å². The van der Waals surface area contributed by atoms with E-state index in [0.717, 1.165) is 52.9 Å². The summed E-state index contributed by atoms with van der Waals surface area (Å²) in [4.78, 5) is 32.1. The standard InChI is InChI=1S/C28H32N2O3/c1-6-19-21(8-3)25(27(31)18-14-12-11-13-15-18)29-23(19)16-17-24-20(7-2)22(9-4)26(30-24)28(32)33-10-5/h11-15,29-30H,6-10H2,1-5H3. The van der Waals surface area contributed by atoms with Crippen LogP contribution in [-0.2, 0) is 30.4 Å². The van der Waals surface area contributed by atoms with E-state index in [2.05, 4.69) is 42.6 Å². The molecule has 0 unspecified atom stereocenters. The zero-order valence-corrected chi connectivity index (χ0v) is 20.1. The smallest absolute Gasteiger partial charge is 0.355 e. The van der Waals surface area contributed by atoms with E-state index in [1.165, 1.54) is 0 Å². The number of esters is 1. The summed E-state index contributed by atoms with van der Waals surface area (Å²) in [6.45, 7) is 10.3. The zero-order chi connectivity index (χ0) is 24.0. The predicted octanol–water partition coefficient (Wildman–Crippen LogP) is 5.40. The van der Waals surface area contributed by atoms with E-state index in [1.807, 2.05) is 37.3 Å². The maximum absolute atomic E-state index is 13.2. The molecule has 0 aliphatic rings. The Kier molecular flexibility index (Phi) is 7.95. The number of H-pyrrole nitrogens is 2. The molecule has 2 heterocycles. The Balaban J connectivity index is 2.09. The molecule has 0 atom stereocenters. The van der Waals surface area contributed by atoms with Gasteiger partial charge in [0.05, 0.1) is 23.7 Å². The largest absolute Gasteiger partial charge is 0.461 e. The van der Waals surface area contributed by atoms with Crippen LogP contribution in [0.3, 0.4) is 0 Å². The van der Waals surface area contributed by atoms with Crippen molar-refractivity contribution in [2.24, 2.45) is 0 Å². The molecular weight excluding hydrogens is 412 g/mol. The Morgan fingerprint density at radius 2 is 1.21 bits per heavy atom. The fraction of sp³-hybridized carbons (Fsp3) is 0.357. The van der Waals surface area contributed by atoms with E-state index in [-0.39, 0.29) is 11.8 Å². The summed E-state index contributed by atoms with van der Waals surface area (Å²) in [5.74, 6) is 6.11. The number of aromatic nitrogens is 2. The van der Waals surface area contributed by atoms with Crippen molar-refractivity contribution in [1.82, 2.24) is 9.97 Å². The summed E-state index contributed by atoms with van der Waals surface area (Å²) >= 11 is 0. The third-order valence-electron chi connectivity index (χ3n) is 5.90. The van der Waals surface area contributed by atoms with Crippen molar-refractivity contribution in [3.8, 4) is 11.8 Å². The fourth-order valence-electron chi connectivity index (χ4n) is 4.36. The molecule has 0 fully saturated rings. The molecule has 0 bridgehead atoms. The number of benzene rings is 1. The highest BCUT2D eigenvalue weighted by Crippen LogP contribution is 2.24. The number of rotatable bonds is 8. The highest BCUT2D eigenvalue weighted by atomic mass is 16.5. The molecule has 3 aromatic rings. The molecule has 2 aromatic heterocycles. The molecule has 0 spiro atoms. The molecule has 5 nitrogen and oxygen atoms in total. The van der Waals surface area contributed by atoms with Gasteiger partial charge in [0.1, 0.15) is 5.69 Å². The summed E-state index contributed by atoms with van der Waals surface area (Å²) in [6, 6.07) is 9.29. The first-order valence-corrected chi connectivity index (χ1v) is 11.8. The average Bonchev–Trinajstić information content (AvgIpc) is 3.39. The SMILES string of the molecule is CCOC(=O)c1[nH]c(C#Cc2[nH]c(C(=O)c3ccccc3)c(CC)c2CC)c(CC)c1CC. The van der Waals surface area contributed by atoms with Crippen LogP contribution in [0.2, 0.25) is 0 Å². The van der Waals surface area contributed by atoms with Crippen LogP contribution in [0.1, 0.15) is 94.8 Å². The van der Waals surface area contributed by atoms with Gasteiger partial charge in [0.25, 0.3) is 0 Å². The van der Waals surface area contributed by atoms with Crippen molar-refractivity contribution in [1.29, 1.82) is 0 Å². The van der Waals surface area contributed by atoms with Gasteiger partial charge in [-0.3, -0.25) is 4.79 Å². The lowest BCUT2D eigenvalue weighted by atomic mass is 9.99. The fourth-order valence-corrected chi connectivity index (χ4v) is 4.36.